The molecular weight excluding hydrogens is 401 g/mol. The maximum absolute atomic E-state index is 12.8. The Hall–Kier alpha value is -1.22. The first-order valence-corrected chi connectivity index (χ1v) is 10.6. The van der Waals surface area contributed by atoms with Crippen LogP contribution < -0.4 is 5.32 Å². The number of anilines is 1. The third-order valence-corrected chi connectivity index (χ3v) is 7.78. The molecule has 0 aliphatic carbocycles. The zero-order valence-electron chi connectivity index (χ0n) is 13.8. The molecule has 13 heteroatoms. The van der Waals surface area contributed by atoms with Crippen LogP contribution in [0, 0.1) is 0 Å². The van der Waals surface area contributed by atoms with Gasteiger partial charge in [-0.1, -0.05) is 12.1 Å². The van der Waals surface area contributed by atoms with Crippen molar-refractivity contribution in [3.8, 4) is 0 Å². The van der Waals surface area contributed by atoms with E-state index in [2.05, 4.69) is 0 Å². The summed E-state index contributed by atoms with van der Waals surface area (Å²) in [5, 5.41) is -0.370. The molecule has 1 rings (SSSR count). The summed E-state index contributed by atoms with van der Waals surface area (Å²) in [7, 11) is -9.30. The van der Waals surface area contributed by atoms with Crippen molar-refractivity contribution in [3.05, 3.63) is 29.8 Å². The van der Waals surface area contributed by atoms with Gasteiger partial charge in [0.2, 0.25) is 0 Å². The zero-order valence-corrected chi connectivity index (χ0v) is 15.6. The number of alkyl halides is 3. The van der Waals surface area contributed by atoms with Crippen LogP contribution in [0.2, 0.25) is 0 Å². The van der Waals surface area contributed by atoms with E-state index in [1.54, 1.807) is 5.32 Å². The minimum atomic E-state index is -5.09. The first-order chi connectivity index (χ1) is 11.8. The summed E-state index contributed by atoms with van der Waals surface area (Å²) in [6.07, 6.45) is -5.09. The molecule has 8 nitrogen and oxygen atoms in total. The van der Waals surface area contributed by atoms with Gasteiger partial charge in [-0.2, -0.15) is 13.2 Å². The average Bonchev–Trinajstić information content (AvgIpc) is 2.47. The smallest absolute Gasteiger partial charge is 0.324 e. The molecule has 1 aromatic rings. The van der Waals surface area contributed by atoms with Crippen LogP contribution in [0.15, 0.2) is 24.3 Å². The fourth-order valence-corrected chi connectivity index (χ4v) is 6.09. The van der Waals surface area contributed by atoms with Crippen LogP contribution in [-0.4, -0.2) is 35.1 Å². The van der Waals surface area contributed by atoms with Gasteiger partial charge in [0.15, 0.2) is 5.40 Å². The molecule has 0 fully saturated rings. The molecule has 0 aromatic heterocycles. The van der Waals surface area contributed by atoms with Crippen molar-refractivity contribution in [2.24, 2.45) is 0 Å². The van der Waals surface area contributed by atoms with Gasteiger partial charge in [0.1, 0.15) is 0 Å². The van der Waals surface area contributed by atoms with Gasteiger partial charge in [0.05, 0.1) is 13.2 Å². The van der Waals surface area contributed by atoms with Crippen LogP contribution in [-0.2, 0) is 23.0 Å². The summed E-state index contributed by atoms with van der Waals surface area (Å²) in [4.78, 5) is 30.1. The highest BCUT2D eigenvalue weighted by Crippen LogP contribution is 2.74. The van der Waals surface area contributed by atoms with Crippen molar-refractivity contribution in [2.75, 3.05) is 18.5 Å². The topological polar surface area (TPSA) is 122 Å². The van der Waals surface area contributed by atoms with E-state index in [1.165, 1.54) is 13.8 Å². The van der Waals surface area contributed by atoms with Crippen molar-refractivity contribution >= 4 is 26.8 Å². The van der Waals surface area contributed by atoms with Gasteiger partial charge in [0.25, 0.3) is 0 Å². The molecule has 0 heterocycles. The van der Waals surface area contributed by atoms with E-state index >= 15 is 0 Å². The summed E-state index contributed by atoms with van der Waals surface area (Å²) >= 11 is 0. The highest BCUT2D eigenvalue weighted by Gasteiger charge is 2.48. The molecule has 1 aromatic carbocycles. The predicted molar refractivity (Wildman–Crippen MR) is 86.8 cm³/mol. The van der Waals surface area contributed by atoms with E-state index in [0.717, 1.165) is 24.3 Å². The van der Waals surface area contributed by atoms with E-state index in [-0.39, 0.29) is 24.5 Å². The Labute approximate surface area is 147 Å². The second-order valence-corrected chi connectivity index (χ2v) is 9.13. The molecule has 26 heavy (non-hydrogen) atoms. The van der Waals surface area contributed by atoms with Crippen molar-refractivity contribution in [2.45, 2.75) is 25.4 Å². The molecule has 0 aliphatic heterocycles. The lowest BCUT2D eigenvalue weighted by Gasteiger charge is -2.27. The highest BCUT2D eigenvalue weighted by atomic mass is 31.2. The van der Waals surface area contributed by atoms with Gasteiger partial charge in [-0.05, 0) is 31.5 Å². The van der Waals surface area contributed by atoms with Crippen LogP contribution in [0.5, 0.6) is 0 Å². The molecule has 0 radical (unpaired) electrons. The van der Waals surface area contributed by atoms with E-state index in [0.29, 0.717) is 0 Å². The Morgan fingerprint density at radius 2 is 1.58 bits per heavy atom. The second-order valence-electron chi connectivity index (χ2n) is 4.91. The fraction of sp³-hybridized carbons (Fsp3) is 0.462. The number of carbonyl (C=O) groups is 1. The van der Waals surface area contributed by atoms with Crippen LogP contribution in [0.3, 0.4) is 0 Å². The van der Waals surface area contributed by atoms with Crippen molar-refractivity contribution in [1.82, 2.24) is 0 Å². The van der Waals surface area contributed by atoms with Crippen LogP contribution >= 0.6 is 15.2 Å². The molecule has 0 spiro atoms. The van der Waals surface area contributed by atoms with Gasteiger partial charge in [0, 0.05) is 5.69 Å². The second kappa shape index (κ2) is 8.65. The zero-order chi connectivity index (χ0) is 20.2. The maximum Gasteiger partial charge on any atom is 0.471 e. The van der Waals surface area contributed by atoms with E-state index in [1.807, 2.05) is 0 Å². The molecule has 1 amide bonds. The molecule has 0 aliphatic rings. The SMILES string of the molecule is CCOP(=O)(OCC)C(c1ccc(NC(=O)C(F)(F)F)cc1)P(=O)(O)O. The van der Waals surface area contributed by atoms with Crippen molar-refractivity contribution in [1.29, 1.82) is 0 Å². The summed E-state index contributed by atoms with van der Waals surface area (Å²) < 4.78 is 71.3. The maximum atomic E-state index is 12.8. The van der Waals surface area contributed by atoms with E-state index in [4.69, 9.17) is 9.05 Å². The number of carbonyl (C=O) groups excluding carboxylic acids is 1. The number of amides is 1. The molecular formula is C13H18F3NO7P2. The van der Waals surface area contributed by atoms with Crippen LogP contribution in [0.1, 0.15) is 24.8 Å². The van der Waals surface area contributed by atoms with Crippen molar-refractivity contribution in [3.63, 3.8) is 0 Å². The largest absolute Gasteiger partial charge is 0.471 e. The van der Waals surface area contributed by atoms with Crippen LogP contribution in [0.4, 0.5) is 18.9 Å². The van der Waals surface area contributed by atoms with Gasteiger partial charge >= 0.3 is 27.3 Å². The van der Waals surface area contributed by atoms with Gasteiger partial charge in [-0.25, -0.2) is 0 Å². The molecule has 0 bridgehead atoms. The van der Waals surface area contributed by atoms with Gasteiger partial charge in [-0.3, -0.25) is 13.9 Å². The molecule has 148 valence electrons. The minimum Gasteiger partial charge on any atom is -0.324 e. The summed E-state index contributed by atoms with van der Waals surface area (Å²) in [6.45, 7) is 2.62. The Balaban J connectivity index is 3.23. The first-order valence-electron chi connectivity index (χ1n) is 7.27. The number of benzene rings is 1. The van der Waals surface area contributed by atoms with E-state index < -0.39 is 32.7 Å². The Morgan fingerprint density at radius 1 is 1.12 bits per heavy atom. The Morgan fingerprint density at radius 3 is 1.92 bits per heavy atom. The van der Waals surface area contributed by atoms with E-state index in [9.17, 15) is 36.9 Å². The number of halogens is 3. The molecule has 1 atom stereocenters. The lowest BCUT2D eigenvalue weighted by Crippen LogP contribution is -2.29. The Kier molecular flexibility index (Phi) is 7.59. The predicted octanol–water partition coefficient (Wildman–Crippen LogP) is 3.63. The summed E-state index contributed by atoms with van der Waals surface area (Å²) in [5.74, 6) is -2.20. The lowest BCUT2D eigenvalue weighted by molar-refractivity contribution is -0.167. The number of nitrogens with one attached hydrogen (secondary N) is 1. The summed E-state index contributed by atoms with van der Waals surface area (Å²) in [5.41, 5.74) is -0.434. The Bertz CT molecular complexity index is 707. The van der Waals surface area contributed by atoms with Gasteiger partial charge in [-0.15, -0.1) is 0 Å². The third-order valence-electron chi connectivity index (χ3n) is 2.96. The first kappa shape index (κ1) is 22.8. The number of hydrogen-bond acceptors (Lipinski definition) is 5. The third kappa shape index (κ3) is 5.90. The molecule has 1 unspecified atom stereocenters. The van der Waals surface area contributed by atoms with Crippen LogP contribution in [0.25, 0.3) is 0 Å². The number of hydrogen-bond donors (Lipinski definition) is 3. The van der Waals surface area contributed by atoms with Crippen molar-refractivity contribution < 1.29 is 45.9 Å². The number of rotatable bonds is 8. The summed E-state index contributed by atoms with van der Waals surface area (Å²) in [6, 6.07) is 4.04. The molecule has 0 saturated carbocycles. The molecule has 3 N–H and O–H groups in total. The average molecular weight is 419 g/mol. The standard InChI is InChI=1S/C13H18F3NO7P2/c1-3-23-26(22,24-4-2)11(25(19,20)21)9-5-7-10(8-6-9)17-12(18)13(14,15)16/h5-8,11H,3-4H2,1-2H3,(H,17,18)(H2,19,20,21). The normalized spacial score (nSPS) is 14.1. The lowest BCUT2D eigenvalue weighted by atomic mass is 10.2. The molecule has 0 saturated heterocycles. The minimum absolute atomic E-state index is 0.145. The van der Waals surface area contributed by atoms with Gasteiger partial charge < -0.3 is 24.2 Å². The fourth-order valence-electron chi connectivity index (χ4n) is 2.04. The monoisotopic (exact) mass is 419 g/mol. The quantitative estimate of drug-likeness (QED) is 0.550. The highest BCUT2D eigenvalue weighted by molar-refractivity contribution is 7.71.